The first kappa shape index (κ1) is 18.8. The molecule has 7 nitrogen and oxygen atoms in total. The Kier molecular flexibility index (Phi) is 3.84. The quantitative estimate of drug-likeness (QED) is 0.702. The minimum absolute atomic E-state index is 0.00626. The summed E-state index contributed by atoms with van der Waals surface area (Å²) in [5.74, 6) is -1.35. The Labute approximate surface area is 170 Å². The first-order valence-corrected chi connectivity index (χ1v) is 9.70. The lowest BCUT2D eigenvalue weighted by Crippen LogP contribution is -2.46. The average molecular weight is 411 g/mol. The zero-order valence-electron chi connectivity index (χ0n) is 16.7. The number of benzene rings is 1. The van der Waals surface area contributed by atoms with Crippen molar-refractivity contribution in [1.29, 1.82) is 0 Å². The van der Waals surface area contributed by atoms with E-state index < -0.39 is 22.5 Å². The number of amides is 1. The molecule has 9 heteroatoms. The summed E-state index contributed by atoms with van der Waals surface area (Å²) in [6, 6.07) is 5.37. The number of aryl methyl sites for hydroxylation is 1. The van der Waals surface area contributed by atoms with Crippen LogP contribution in [0.15, 0.2) is 28.7 Å². The zero-order valence-corrected chi connectivity index (χ0v) is 16.7. The van der Waals surface area contributed by atoms with Crippen molar-refractivity contribution in [2.24, 2.45) is 5.41 Å². The fourth-order valence-corrected chi connectivity index (χ4v) is 5.24. The molecule has 0 saturated heterocycles. The number of aromatic nitrogens is 4. The molecule has 1 saturated carbocycles. The molecule has 30 heavy (non-hydrogen) atoms. The van der Waals surface area contributed by atoms with Gasteiger partial charge < -0.3 is 4.42 Å². The Balaban J connectivity index is 1.61. The third-order valence-corrected chi connectivity index (χ3v) is 6.74. The minimum Gasteiger partial charge on any atom is -0.408 e. The monoisotopic (exact) mass is 411 g/mol. The molecule has 0 radical (unpaired) electrons. The van der Waals surface area contributed by atoms with Crippen LogP contribution < -0.4 is 5.32 Å². The predicted molar refractivity (Wildman–Crippen MR) is 102 cm³/mol. The van der Waals surface area contributed by atoms with Crippen LogP contribution in [0.4, 0.5) is 14.8 Å². The van der Waals surface area contributed by atoms with E-state index in [0.29, 0.717) is 18.0 Å². The lowest BCUT2D eigenvalue weighted by atomic mass is 9.68. The Morgan fingerprint density at radius 3 is 2.57 bits per heavy atom. The van der Waals surface area contributed by atoms with Crippen LogP contribution in [-0.2, 0) is 10.2 Å². The van der Waals surface area contributed by atoms with Crippen molar-refractivity contribution in [3.8, 4) is 11.3 Å². The molecule has 1 aromatic carbocycles. The van der Waals surface area contributed by atoms with E-state index in [1.54, 1.807) is 13.0 Å². The van der Waals surface area contributed by atoms with Gasteiger partial charge in [0.2, 0.25) is 11.8 Å². The number of anilines is 1. The number of hydrogen-bond acceptors (Lipinski definition) is 6. The van der Waals surface area contributed by atoms with E-state index in [-0.39, 0.29) is 29.1 Å². The normalized spacial score (nSPS) is 23.4. The highest BCUT2D eigenvalue weighted by molar-refractivity contribution is 6.00. The van der Waals surface area contributed by atoms with Gasteiger partial charge in [-0.3, -0.25) is 10.1 Å². The zero-order chi connectivity index (χ0) is 21.3. The van der Waals surface area contributed by atoms with Gasteiger partial charge >= 0.3 is 6.01 Å². The second kappa shape index (κ2) is 6.13. The number of carbonyl (C=O) groups is 1. The predicted octanol–water partition coefficient (Wildman–Crippen LogP) is 3.91. The molecule has 2 aromatic heterocycles. The fraction of sp³-hybridized carbons (Fsp3) is 0.381. The van der Waals surface area contributed by atoms with Crippen molar-refractivity contribution < 1.29 is 18.0 Å². The van der Waals surface area contributed by atoms with Gasteiger partial charge in [-0.1, -0.05) is 25.0 Å². The largest absolute Gasteiger partial charge is 0.408 e. The minimum atomic E-state index is -0.950. The number of fused-ring (bicyclic) bond motifs is 5. The van der Waals surface area contributed by atoms with Gasteiger partial charge in [0.05, 0.1) is 22.4 Å². The third-order valence-electron chi connectivity index (χ3n) is 6.74. The number of nitrogens with one attached hydrogen (secondary N) is 1. The van der Waals surface area contributed by atoms with E-state index in [9.17, 15) is 13.6 Å². The summed E-state index contributed by atoms with van der Waals surface area (Å²) in [5.41, 5.74) is -0.178. The molecule has 2 bridgehead atoms. The van der Waals surface area contributed by atoms with E-state index in [1.807, 2.05) is 13.8 Å². The van der Waals surface area contributed by atoms with Gasteiger partial charge in [-0.2, -0.15) is 5.10 Å². The molecule has 0 unspecified atom stereocenters. The highest BCUT2D eigenvalue weighted by atomic mass is 19.1. The van der Waals surface area contributed by atoms with Crippen LogP contribution >= 0.6 is 0 Å². The van der Waals surface area contributed by atoms with Gasteiger partial charge in [0, 0.05) is 6.92 Å². The summed E-state index contributed by atoms with van der Waals surface area (Å²) in [5, 5.41) is 18.7. The first-order chi connectivity index (χ1) is 14.3. The fourth-order valence-electron chi connectivity index (χ4n) is 5.24. The third kappa shape index (κ3) is 2.31. The molecule has 2 atom stereocenters. The number of hydrogen-bond donors (Lipinski definition) is 1. The van der Waals surface area contributed by atoms with Gasteiger partial charge in [0.15, 0.2) is 0 Å². The van der Waals surface area contributed by atoms with E-state index >= 15 is 0 Å². The van der Waals surface area contributed by atoms with Gasteiger partial charge in [0.25, 0.3) is 0 Å². The molecular weight excluding hydrogens is 392 g/mol. The smallest absolute Gasteiger partial charge is 0.322 e. The Morgan fingerprint density at radius 1 is 1.17 bits per heavy atom. The van der Waals surface area contributed by atoms with Crippen LogP contribution in [0.25, 0.3) is 11.3 Å². The van der Waals surface area contributed by atoms with Gasteiger partial charge in [-0.05, 0) is 47.9 Å². The van der Waals surface area contributed by atoms with E-state index in [4.69, 9.17) is 4.42 Å². The second-order valence-corrected chi connectivity index (χ2v) is 8.43. The summed E-state index contributed by atoms with van der Waals surface area (Å²) in [7, 11) is 0. The Morgan fingerprint density at radius 2 is 1.90 bits per heavy atom. The van der Waals surface area contributed by atoms with Crippen molar-refractivity contribution in [1.82, 2.24) is 20.4 Å². The van der Waals surface area contributed by atoms with Crippen LogP contribution in [0.2, 0.25) is 0 Å². The maximum atomic E-state index is 14.3. The van der Waals surface area contributed by atoms with Crippen molar-refractivity contribution in [3.63, 3.8) is 0 Å². The molecule has 0 aliphatic heterocycles. The Hall–Kier alpha value is -3.23. The number of nitrogens with zero attached hydrogens (tertiary/aromatic N) is 4. The number of rotatable bonds is 3. The highest BCUT2D eigenvalue weighted by Gasteiger charge is 2.67. The summed E-state index contributed by atoms with van der Waals surface area (Å²) >= 11 is 0. The highest BCUT2D eigenvalue weighted by Crippen LogP contribution is 2.67. The molecule has 1 fully saturated rings. The van der Waals surface area contributed by atoms with Gasteiger partial charge in [0.1, 0.15) is 11.6 Å². The molecule has 2 aliphatic carbocycles. The molecule has 154 valence electrons. The maximum absolute atomic E-state index is 14.3. The molecule has 1 amide bonds. The van der Waals surface area contributed by atoms with Crippen molar-refractivity contribution in [2.75, 3.05) is 5.32 Å². The molecule has 3 aromatic rings. The van der Waals surface area contributed by atoms with E-state index in [0.717, 1.165) is 12.0 Å². The van der Waals surface area contributed by atoms with Gasteiger partial charge in [-0.25, -0.2) is 8.78 Å². The van der Waals surface area contributed by atoms with Crippen LogP contribution in [0.1, 0.15) is 49.8 Å². The molecule has 2 aliphatic rings. The van der Waals surface area contributed by atoms with E-state index in [2.05, 4.69) is 25.7 Å². The maximum Gasteiger partial charge on any atom is 0.322 e. The van der Waals surface area contributed by atoms with Crippen LogP contribution in [-0.4, -0.2) is 26.3 Å². The molecule has 5 rings (SSSR count). The topological polar surface area (TPSA) is 93.8 Å². The molecule has 2 heterocycles. The molecular formula is C21H19F2N5O2. The lowest BCUT2D eigenvalue weighted by molar-refractivity contribution is -0.124. The van der Waals surface area contributed by atoms with Gasteiger partial charge in [-0.15, -0.1) is 10.2 Å². The lowest BCUT2D eigenvalue weighted by Gasteiger charge is -2.35. The summed E-state index contributed by atoms with van der Waals surface area (Å²) in [6.45, 7) is 5.65. The standard InChI is InChI=1S/C21H19F2N5O2/c1-10-25-28-19(30-10)24-18(29)21-8-7-12(20(21,2)3)11-9-15(26-27-17(11)21)16-13(22)5-4-6-14(16)23/h4-6,9,12H,7-8H2,1-3H3,(H,24,28,29)/t12-,21+/m1/s1. The van der Waals surface area contributed by atoms with E-state index in [1.165, 1.54) is 18.2 Å². The van der Waals surface area contributed by atoms with Crippen LogP contribution in [0.3, 0.4) is 0 Å². The number of halogens is 2. The summed E-state index contributed by atoms with van der Waals surface area (Å²) in [4.78, 5) is 13.4. The Bertz CT molecular complexity index is 1170. The van der Waals surface area contributed by atoms with Crippen LogP contribution in [0, 0.1) is 24.0 Å². The number of carbonyl (C=O) groups excluding carboxylic acids is 1. The second-order valence-electron chi connectivity index (χ2n) is 8.43. The average Bonchev–Trinajstić information content (AvgIpc) is 3.28. The van der Waals surface area contributed by atoms with Crippen molar-refractivity contribution >= 4 is 11.9 Å². The SMILES string of the molecule is Cc1nnc(NC(=O)[C@]23CC[C@H](c4cc(-c5c(F)cccc5F)nnc42)C3(C)C)o1. The summed E-state index contributed by atoms with van der Waals surface area (Å²) < 4.78 is 33.9. The summed E-state index contributed by atoms with van der Waals surface area (Å²) in [6.07, 6.45) is 1.33. The van der Waals surface area contributed by atoms with Crippen molar-refractivity contribution in [2.45, 2.75) is 44.9 Å². The van der Waals surface area contributed by atoms with Crippen molar-refractivity contribution in [3.05, 3.63) is 53.0 Å². The molecule has 0 spiro atoms. The first-order valence-electron chi connectivity index (χ1n) is 9.70. The van der Waals surface area contributed by atoms with Crippen LogP contribution in [0.5, 0.6) is 0 Å². The molecule has 1 N–H and O–H groups in total.